The van der Waals surface area contributed by atoms with E-state index in [-0.39, 0.29) is 18.9 Å². The maximum absolute atomic E-state index is 11.5. The summed E-state index contributed by atoms with van der Waals surface area (Å²) in [5.74, 6) is 0.648. The van der Waals surface area contributed by atoms with E-state index in [0.29, 0.717) is 11.4 Å². The number of hydrogen-bond donors (Lipinski definition) is 2. The molecule has 94 valence electrons. The van der Waals surface area contributed by atoms with E-state index in [9.17, 15) is 4.79 Å². The summed E-state index contributed by atoms with van der Waals surface area (Å²) in [6.07, 6.45) is 0.0555. The van der Waals surface area contributed by atoms with Gasteiger partial charge in [-0.05, 0) is 26.0 Å². The van der Waals surface area contributed by atoms with Crippen molar-refractivity contribution in [3.8, 4) is 5.75 Å². The lowest BCUT2D eigenvalue weighted by molar-refractivity contribution is 0.176. The molecule has 0 spiro atoms. The third kappa shape index (κ3) is 4.74. The Labute approximate surface area is 101 Å². The second-order valence-corrected chi connectivity index (χ2v) is 3.73. The quantitative estimate of drug-likeness (QED) is 0.773. The molecular weight excluding hydrogens is 220 g/mol. The number of urea groups is 1. The standard InChI is InChI=1S/C12H18N2O3/c1-9(2)17-11-7-5-4-6-10(11)14-12(15)13-8-16-3/h4-7,9H,8H2,1-3H3,(H2,13,14,15). The molecule has 0 bridgehead atoms. The fourth-order valence-electron chi connectivity index (χ4n) is 1.23. The molecule has 0 unspecified atom stereocenters. The van der Waals surface area contributed by atoms with Gasteiger partial charge in [-0.25, -0.2) is 4.79 Å². The van der Waals surface area contributed by atoms with Gasteiger partial charge in [0.15, 0.2) is 0 Å². The molecule has 0 aliphatic carbocycles. The van der Waals surface area contributed by atoms with E-state index in [1.165, 1.54) is 7.11 Å². The van der Waals surface area contributed by atoms with E-state index in [1.54, 1.807) is 6.07 Å². The highest BCUT2D eigenvalue weighted by atomic mass is 16.5. The number of nitrogens with one attached hydrogen (secondary N) is 2. The Morgan fingerprint density at radius 2 is 2.06 bits per heavy atom. The average molecular weight is 238 g/mol. The summed E-state index contributed by atoms with van der Waals surface area (Å²) in [6, 6.07) is 6.96. The number of rotatable bonds is 5. The largest absolute Gasteiger partial charge is 0.489 e. The maximum Gasteiger partial charge on any atom is 0.321 e. The Kier molecular flexibility index (Phi) is 5.29. The summed E-state index contributed by atoms with van der Waals surface area (Å²) in [4.78, 5) is 11.5. The molecule has 1 aromatic rings. The van der Waals surface area contributed by atoms with Crippen LogP contribution in [0, 0.1) is 0 Å². The van der Waals surface area contributed by atoms with Crippen LogP contribution < -0.4 is 15.4 Å². The molecule has 1 aromatic carbocycles. The molecule has 1 rings (SSSR count). The molecule has 0 fully saturated rings. The molecule has 0 aliphatic rings. The summed E-state index contributed by atoms with van der Waals surface area (Å²) < 4.78 is 10.3. The van der Waals surface area contributed by atoms with E-state index in [2.05, 4.69) is 10.6 Å². The number of carbonyl (C=O) groups excluding carboxylic acids is 1. The molecule has 0 atom stereocenters. The van der Waals surface area contributed by atoms with Crippen molar-refractivity contribution in [1.82, 2.24) is 5.32 Å². The zero-order chi connectivity index (χ0) is 12.7. The predicted octanol–water partition coefficient (Wildman–Crippen LogP) is 2.20. The molecule has 0 aromatic heterocycles. The summed E-state index contributed by atoms with van der Waals surface area (Å²) in [7, 11) is 1.51. The van der Waals surface area contributed by atoms with Crippen LogP contribution in [0.5, 0.6) is 5.75 Å². The summed E-state index contributed by atoms with van der Waals surface area (Å²) in [5, 5.41) is 5.23. The van der Waals surface area contributed by atoms with E-state index in [4.69, 9.17) is 9.47 Å². The van der Waals surface area contributed by atoms with Crippen molar-refractivity contribution in [3.05, 3.63) is 24.3 Å². The van der Waals surface area contributed by atoms with Crippen LogP contribution in [0.2, 0.25) is 0 Å². The highest BCUT2D eigenvalue weighted by Gasteiger charge is 2.07. The molecule has 0 saturated carbocycles. The first kappa shape index (κ1) is 13.3. The van der Waals surface area contributed by atoms with Crippen LogP contribution >= 0.6 is 0 Å². The lowest BCUT2D eigenvalue weighted by Crippen LogP contribution is -2.30. The van der Waals surface area contributed by atoms with Gasteiger partial charge < -0.3 is 20.1 Å². The van der Waals surface area contributed by atoms with Gasteiger partial charge in [0.2, 0.25) is 0 Å². The third-order valence-corrected chi connectivity index (χ3v) is 1.87. The number of benzene rings is 1. The van der Waals surface area contributed by atoms with E-state index in [0.717, 1.165) is 0 Å². The first-order chi connectivity index (χ1) is 8.13. The number of carbonyl (C=O) groups is 1. The molecule has 5 heteroatoms. The third-order valence-electron chi connectivity index (χ3n) is 1.87. The predicted molar refractivity (Wildman–Crippen MR) is 66.2 cm³/mol. The van der Waals surface area contributed by atoms with Crippen molar-refractivity contribution in [1.29, 1.82) is 0 Å². The van der Waals surface area contributed by atoms with Gasteiger partial charge in [-0.2, -0.15) is 0 Å². The van der Waals surface area contributed by atoms with Gasteiger partial charge in [0, 0.05) is 7.11 Å². The first-order valence-electron chi connectivity index (χ1n) is 5.43. The zero-order valence-electron chi connectivity index (χ0n) is 10.3. The minimum Gasteiger partial charge on any atom is -0.489 e. The van der Waals surface area contributed by atoms with E-state index < -0.39 is 0 Å². The Balaban J connectivity index is 2.66. The normalized spacial score (nSPS) is 10.1. The van der Waals surface area contributed by atoms with Crippen LogP contribution in [0.3, 0.4) is 0 Å². The molecule has 0 heterocycles. The van der Waals surface area contributed by atoms with Gasteiger partial charge in [-0.3, -0.25) is 0 Å². The van der Waals surface area contributed by atoms with E-state index >= 15 is 0 Å². The average Bonchev–Trinajstić information content (AvgIpc) is 2.28. The van der Waals surface area contributed by atoms with Gasteiger partial charge in [-0.1, -0.05) is 12.1 Å². The fraction of sp³-hybridized carbons (Fsp3) is 0.417. The second-order valence-electron chi connectivity index (χ2n) is 3.73. The van der Waals surface area contributed by atoms with Crippen LogP contribution in [0.25, 0.3) is 0 Å². The van der Waals surface area contributed by atoms with Crippen molar-refractivity contribution in [3.63, 3.8) is 0 Å². The second kappa shape index (κ2) is 6.75. The smallest absolute Gasteiger partial charge is 0.321 e. The Morgan fingerprint density at radius 3 is 2.71 bits per heavy atom. The SMILES string of the molecule is COCNC(=O)Nc1ccccc1OC(C)C. The number of anilines is 1. The Bertz CT molecular complexity index is 367. The van der Waals surface area contributed by atoms with Crippen molar-refractivity contribution in [2.75, 3.05) is 19.2 Å². The molecule has 5 nitrogen and oxygen atoms in total. The summed E-state index contributed by atoms with van der Waals surface area (Å²) >= 11 is 0. The number of amides is 2. The van der Waals surface area contributed by atoms with Crippen molar-refractivity contribution >= 4 is 11.7 Å². The molecule has 0 radical (unpaired) electrons. The molecule has 2 N–H and O–H groups in total. The van der Waals surface area contributed by atoms with Gasteiger partial charge in [0.05, 0.1) is 11.8 Å². The lowest BCUT2D eigenvalue weighted by atomic mass is 10.3. The maximum atomic E-state index is 11.5. The zero-order valence-corrected chi connectivity index (χ0v) is 10.3. The van der Waals surface area contributed by atoms with Crippen molar-refractivity contribution in [2.45, 2.75) is 20.0 Å². The Hall–Kier alpha value is -1.75. The van der Waals surface area contributed by atoms with Gasteiger partial charge in [0.25, 0.3) is 0 Å². The van der Waals surface area contributed by atoms with Crippen LogP contribution in [-0.4, -0.2) is 26.0 Å². The van der Waals surface area contributed by atoms with Crippen LogP contribution in [-0.2, 0) is 4.74 Å². The minimum absolute atomic E-state index is 0.0555. The van der Waals surface area contributed by atoms with Crippen molar-refractivity contribution < 1.29 is 14.3 Å². The highest BCUT2D eigenvalue weighted by Crippen LogP contribution is 2.24. The van der Waals surface area contributed by atoms with E-state index in [1.807, 2.05) is 32.0 Å². The number of hydrogen-bond acceptors (Lipinski definition) is 3. The number of methoxy groups -OCH3 is 1. The van der Waals surface area contributed by atoms with Gasteiger partial charge >= 0.3 is 6.03 Å². The fourth-order valence-corrected chi connectivity index (χ4v) is 1.23. The number of ether oxygens (including phenoxy) is 2. The van der Waals surface area contributed by atoms with Crippen molar-refractivity contribution in [2.24, 2.45) is 0 Å². The Morgan fingerprint density at radius 1 is 1.35 bits per heavy atom. The summed E-state index contributed by atoms with van der Waals surface area (Å²) in [5.41, 5.74) is 0.634. The van der Waals surface area contributed by atoms with Crippen LogP contribution in [0.1, 0.15) is 13.8 Å². The molecule has 2 amide bonds. The highest BCUT2D eigenvalue weighted by molar-refractivity contribution is 5.90. The molecule has 0 aliphatic heterocycles. The molecule has 17 heavy (non-hydrogen) atoms. The molecular formula is C12H18N2O3. The lowest BCUT2D eigenvalue weighted by Gasteiger charge is -2.14. The first-order valence-corrected chi connectivity index (χ1v) is 5.43. The topological polar surface area (TPSA) is 59.6 Å². The minimum atomic E-state index is -0.327. The van der Waals surface area contributed by atoms with Crippen LogP contribution in [0.4, 0.5) is 10.5 Å². The monoisotopic (exact) mass is 238 g/mol. The van der Waals surface area contributed by atoms with Gasteiger partial charge in [-0.15, -0.1) is 0 Å². The summed E-state index contributed by atoms with van der Waals surface area (Å²) in [6.45, 7) is 4.03. The molecule has 0 saturated heterocycles. The van der Waals surface area contributed by atoms with Crippen LogP contribution in [0.15, 0.2) is 24.3 Å². The van der Waals surface area contributed by atoms with Gasteiger partial charge in [0.1, 0.15) is 12.5 Å². The number of para-hydroxylation sites is 2.